The van der Waals surface area contributed by atoms with Crippen LogP contribution in [0, 0.1) is 0 Å². The van der Waals surface area contributed by atoms with Crippen molar-refractivity contribution in [3.8, 4) is 0 Å². The Bertz CT molecular complexity index is 824. The Morgan fingerprint density at radius 2 is 0.844 bits per heavy atom. The van der Waals surface area contributed by atoms with Crippen molar-refractivity contribution in [1.82, 2.24) is 9.97 Å². The van der Waals surface area contributed by atoms with Gasteiger partial charge in [-0.05, 0) is 67.5 Å². The summed E-state index contributed by atoms with van der Waals surface area (Å²) in [7, 11) is -0.726. The number of hydrogen-bond donors (Lipinski definition) is 2. The van der Waals surface area contributed by atoms with E-state index in [4.69, 9.17) is 30.1 Å². The maximum atomic E-state index is 5.89. The molecule has 172 valence electrons. The second-order valence-electron chi connectivity index (χ2n) is 10.2. The highest BCUT2D eigenvalue weighted by molar-refractivity contribution is 6.62. The minimum Gasteiger partial charge on any atom is -0.399 e. The second-order valence-corrected chi connectivity index (χ2v) is 10.2. The maximum absolute atomic E-state index is 5.89. The van der Waals surface area contributed by atoms with E-state index in [1.54, 1.807) is 24.5 Å². The summed E-state index contributed by atoms with van der Waals surface area (Å²) in [5, 5.41) is 0. The molecular formula is C22H34B2N4O4. The number of nitrogens with two attached hydrogens (primary N) is 2. The van der Waals surface area contributed by atoms with Crippen LogP contribution in [0.4, 0.5) is 11.6 Å². The van der Waals surface area contributed by atoms with Crippen LogP contribution in [0.1, 0.15) is 55.4 Å². The lowest BCUT2D eigenvalue weighted by Crippen LogP contribution is -2.41. The van der Waals surface area contributed by atoms with Gasteiger partial charge in [-0.3, -0.25) is 0 Å². The summed E-state index contributed by atoms with van der Waals surface area (Å²) in [6, 6.07) is 7.26. The lowest BCUT2D eigenvalue weighted by atomic mass is 9.80. The highest BCUT2D eigenvalue weighted by Gasteiger charge is 2.52. The Morgan fingerprint density at radius 3 is 1.06 bits per heavy atom. The first-order valence-electron chi connectivity index (χ1n) is 10.8. The molecule has 0 amide bonds. The van der Waals surface area contributed by atoms with Crippen LogP contribution in [-0.2, 0) is 18.6 Å². The predicted molar refractivity (Wildman–Crippen MR) is 129 cm³/mol. The third-order valence-corrected chi connectivity index (χ3v) is 6.67. The van der Waals surface area contributed by atoms with Crippen molar-refractivity contribution >= 4 is 36.8 Å². The monoisotopic (exact) mass is 440 g/mol. The van der Waals surface area contributed by atoms with Gasteiger partial charge >= 0.3 is 14.2 Å². The molecule has 10 heteroatoms. The van der Waals surface area contributed by atoms with Gasteiger partial charge in [0, 0.05) is 23.3 Å². The first-order chi connectivity index (χ1) is 14.6. The molecule has 0 spiro atoms. The number of pyridine rings is 2. The van der Waals surface area contributed by atoms with Crippen LogP contribution in [0.3, 0.4) is 0 Å². The molecule has 0 atom stereocenters. The fourth-order valence-electron chi connectivity index (χ4n) is 3.07. The number of aromatic nitrogens is 2. The van der Waals surface area contributed by atoms with Crippen molar-refractivity contribution in [1.29, 1.82) is 0 Å². The van der Waals surface area contributed by atoms with Crippen molar-refractivity contribution in [2.75, 3.05) is 11.5 Å². The summed E-state index contributed by atoms with van der Waals surface area (Å²) in [4.78, 5) is 8.07. The summed E-state index contributed by atoms with van der Waals surface area (Å²) in [5.41, 5.74) is 11.6. The zero-order valence-electron chi connectivity index (χ0n) is 20.3. The fraction of sp³-hybridized carbons (Fsp3) is 0.545. The van der Waals surface area contributed by atoms with E-state index in [9.17, 15) is 0 Å². The molecule has 2 aliphatic rings. The Morgan fingerprint density at radius 1 is 0.562 bits per heavy atom. The van der Waals surface area contributed by atoms with Crippen LogP contribution in [0.2, 0.25) is 0 Å². The number of nitrogens with zero attached hydrogens (tertiary/aromatic N) is 2. The average Bonchev–Trinajstić information content (AvgIpc) is 3.03. The first-order valence-corrected chi connectivity index (χ1v) is 10.8. The number of rotatable bonds is 2. The molecule has 0 aliphatic carbocycles. The second kappa shape index (κ2) is 8.33. The third kappa shape index (κ3) is 4.93. The molecular weight excluding hydrogens is 406 g/mol. The van der Waals surface area contributed by atoms with Gasteiger partial charge in [-0.25, -0.2) is 9.97 Å². The zero-order valence-corrected chi connectivity index (χ0v) is 20.3. The molecule has 0 saturated carbocycles. The van der Waals surface area contributed by atoms with E-state index >= 15 is 0 Å². The smallest absolute Gasteiger partial charge is 0.399 e. The highest BCUT2D eigenvalue weighted by atomic mass is 16.7. The van der Waals surface area contributed by atoms with Gasteiger partial charge in [0.25, 0.3) is 0 Å². The van der Waals surface area contributed by atoms with Gasteiger partial charge in [-0.2, -0.15) is 0 Å². The van der Waals surface area contributed by atoms with E-state index in [-0.39, 0.29) is 36.6 Å². The molecule has 0 unspecified atom stereocenters. The first kappa shape index (κ1) is 24.5. The van der Waals surface area contributed by atoms with Crippen molar-refractivity contribution in [3.63, 3.8) is 0 Å². The SMILES string of the molecule is CC1(C)OB(c2ccc(N)nc2)OC1(C)C.CC1(C)OB(c2ccc(N)nc2)OC1(C)C. The van der Waals surface area contributed by atoms with Gasteiger partial charge in [0.15, 0.2) is 0 Å². The van der Waals surface area contributed by atoms with E-state index in [1.807, 2.05) is 67.5 Å². The zero-order chi connectivity index (χ0) is 23.9. The van der Waals surface area contributed by atoms with E-state index in [0.29, 0.717) is 11.6 Å². The van der Waals surface area contributed by atoms with Crippen LogP contribution < -0.4 is 22.4 Å². The number of nitrogen functional groups attached to an aromatic ring is 2. The van der Waals surface area contributed by atoms with Crippen LogP contribution in [0.5, 0.6) is 0 Å². The van der Waals surface area contributed by atoms with Gasteiger partial charge in [0.1, 0.15) is 11.6 Å². The normalized spacial score (nSPS) is 22.4. The summed E-state index contributed by atoms with van der Waals surface area (Å²) in [6.45, 7) is 16.2. The molecule has 8 nitrogen and oxygen atoms in total. The molecule has 4 N–H and O–H groups in total. The van der Waals surface area contributed by atoms with Gasteiger partial charge in [-0.15, -0.1) is 0 Å². The topological polar surface area (TPSA) is 115 Å². The number of anilines is 2. The van der Waals surface area contributed by atoms with Gasteiger partial charge in [-0.1, -0.05) is 12.1 Å². The van der Waals surface area contributed by atoms with Crippen molar-refractivity contribution in [3.05, 3.63) is 36.7 Å². The lowest BCUT2D eigenvalue weighted by molar-refractivity contribution is 0.00578. The molecule has 4 heterocycles. The Labute approximate surface area is 191 Å². The molecule has 0 aromatic carbocycles. The average molecular weight is 440 g/mol. The van der Waals surface area contributed by atoms with E-state index in [0.717, 1.165) is 10.9 Å². The molecule has 0 bridgehead atoms. The fourth-order valence-corrected chi connectivity index (χ4v) is 3.07. The van der Waals surface area contributed by atoms with Crippen molar-refractivity contribution in [2.45, 2.75) is 77.8 Å². The summed E-state index contributed by atoms with van der Waals surface area (Å²) in [6.07, 6.45) is 3.38. The van der Waals surface area contributed by atoms with E-state index in [2.05, 4.69) is 9.97 Å². The standard InChI is InChI=1S/2C11H17BN2O2/c2*1-10(2)11(3,4)16-12(15-10)8-5-6-9(13)14-7-8/h2*5-7H,1-4H3,(H2,13,14). The lowest BCUT2D eigenvalue weighted by Gasteiger charge is -2.32. The van der Waals surface area contributed by atoms with E-state index in [1.165, 1.54) is 0 Å². The number of hydrogen-bond acceptors (Lipinski definition) is 8. The molecule has 2 aromatic rings. The van der Waals surface area contributed by atoms with Crippen LogP contribution in [0.25, 0.3) is 0 Å². The Hall–Kier alpha value is -2.13. The van der Waals surface area contributed by atoms with Gasteiger partial charge in [0.05, 0.1) is 22.4 Å². The minimum absolute atomic E-state index is 0.320. The van der Waals surface area contributed by atoms with Gasteiger partial charge < -0.3 is 30.1 Å². The summed E-state index contributed by atoms with van der Waals surface area (Å²) in [5.74, 6) is 1.00. The van der Waals surface area contributed by atoms with Crippen LogP contribution in [0.15, 0.2) is 36.7 Å². The predicted octanol–water partition coefficient (Wildman–Crippen LogP) is 1.93. The Kier molecular flexibility index (Phi) is 6.38. The highest BCUT2D eigenvalue weighted by Crippen LogP contribution is 2.37. The van der Waals surface area contributed by atoms with Crippen molar-refractivity contribution < 1.29 is 18.6 Å². The largest absolute Gasteiger partial charge is 0.496 e. The quantitative estimate of drug-likeness (QED) is 0.682. The molecule has 0 radical (unpaired) electrons. The molecule has 4 rings (SSSR count). The Balaban J connectivity index is 0.000000181. The van der Waals surface area contributed by atoms with Crippen LogP contribution in [-0.4, -0.2) is 46.6 Å². The summed E-state index contributed by atoms with van der Waals surface area (Å²) < 4.78 is 23.5. The molecule has 2 fully saturated rings. The maximum Gasteiger partial charge on any atom is 0.496 e. The molecule has 32 heavy (non-hydrogen) atoms. The van der Waals surface area contributed by atoms with E-state index < -0.39 is 0 Å². The third-order valence-electron chi connectivity index (χ3n) is 6.67. The van der Waals surface area contributed by atoms with Crippen LogP contribution >= 0.6 is 0 Å². The summed E-state index contributed by atoms with van der Waals surface area (Å²) >= 11 is 0. The van der Waals surface area contributed by atoms with Gasteiger partial charge in [0.2, 0.25) is 0 Å². The molecule has 2 aromatic heterocycles. The molecule has 2 saturated heterocycles. The minimum atomic E-state index is -0.363. The van der Waals surface area contributed by atoms with Crippen molar-refractivity contribution in [2.24, 2.45) is 0 Å². The molecule has 2 aliphatic heterocycles.